The Bertz CT molecular complexity index is 333. The molecule has 0 radical (unpaired) electrons. The SMILES string of the molecule is COCCONC(C)c1ccc(OC(F)F)cc1. The van der Waals surface area contributed by atoms with Crippen molar-refractivity contribution < 1.29 is 23.1 Å². The van der Waals surface area contributed by atoms with E-state index in [1.807, 2.05) is 6.92 Å². The van der Waals surface area contributed by atoms with E-state index < -0.39 is 6.61 Å². The third-order valence-corrected chi connectivity index (χ3v) is 2.25. The lowest BCUT2D eigenvalue weighted by atomic mass is 10.1. The Balaban J connectivity index is 2.41. The van der Waals surface area contributed by atoms with Crippen molar-refractivity contribution in [2.45, 2.75) is 19.6 Å². The van der Waals surface area contributed by atoms with Gasteiger partial charge in [0.1, 0.15) is 5.75 Å². The highest BCUT2D eigenvalue weighted by Crippen LogP contribution is 2.18. The molecule has 1 N–H and O–H groups in total. The summed E-state index contributed by atoms with van der Waals surface area (Å²) < 4.78 is 33.0. The van der Waals surface area contributed by atoms with E-state index in [1.165, 1.54) is 12.1 Å². The third kappa shape index (κ3) is 5.39. The van der Waals surface area contributed by atoms with Gasteiger partial charge < -0.3 is 9.47 Å². The number of hydrogen-bond acceptors (Lipinski definition) is 4. The molecule has 0 aliphatic rings. The van der Waals surface area contributed by atoms with E-state index in [-0.39, 0.29) is 11.8 Å². The molecule has 1 atom stereocenters. The van der Waals surface area contributed by atoms with Crippen LogP contribution in [0.2, 0.25) is 0 Å². The molecular weight excluding hydrogens is 244 g/mol. The number of methoxy groups -OCH3 is 1. The lowest BCUT2D eigenvalue weighted by molar-refractivity contribution is -0.0498. The topological polar surface area (TPSA) is 39.7 Å². The molecule has 1 rings (SSSR count). The summed E-state index contributed by atoms with van der Waals surface area (Å²) in [6, 6.07) is 6.34. The average molecular weight is 261 g/mol. The van der Waals surface area contributed by atoms with Gasteiger partial charge in [-0.05, 0) is 24.6 Å². The summed E-state index contributed by atoms with van der Waals surface area (Å²) in [5.41, 5.74) is 3.74. The first-order valence-electron chi connectivity index (χ1n) is 5.54. The maximum Gasteiger partial charge on any atom is 0.387 e. The second-order valence-electron chi connectivity index (χ2n) is 3.63. The van der Waals surface area contributed by atoms with E-state index in [0.29, 0.717) is 13.2 Å². The molecule has 0 aliphatic carbocycles. The van der Waals surface area contributed by atoms with Crippen molar-refractivity contribution in [2.24, 2.45) is 0 Å². The maximum absolute atomic E-state index is 12.0. The van der Waals surface area contributed by atoms with Crippen LogP contribution in [-0.2, 0) is 9.57 Å². The second kappa shape index (κ2) is 7.97. The third-order valence-electron chi connectivity index (χ3n) is 2.25. The van der Waals surface area contributed by atoms with Crippen LogP contribution in [0.1, 0.15) is 18.5 Å². The maximum atomic E-state index is 12.0. The normalized spacial score (nSPS) is 12.7. The highest BCUT2D eigenvalue weighted by Gasteiger charge is 2.07. The molecule has 0 spiro atoms. The summed E-state index contributed by atoms with van der Waals surface area (Å²) in [7, 11) is 1.59. The van der Waals surface area contributed by atoms with E-state index in [2.05, 4.69) is 10.2 Å². The van der Waals surface area contributed by atoms with Crippen LogP contribution in [0.4, 0.5) is 8.78 Å². The molecule has 0 bridgehead atoms. The highest BCUT2D eigenvalue weighted by molar-refractivity contribution is 5.28. The highest BCUT2D eigenvalue weighted by atomic mass is 19.3. The van der Waals surface area contributed by atoms with E-state index in [1.54, 1.807) is 19.2 Å². The molecule has 1 aromatic rings. The molecule has 1 aromatic carbocycles. The van der Waals surface area contributed by atoms with Crippen LogP contribution in [-0.4, -0.2) is 26.9 Å². The van der Waals surface area contributed by atoms with Gasteiger partial charge in [0, 0.05) is 7.11 Å². The van der Waals surface area contributed by atoms with E-state index in [4.69, 9.17) is 9.57 Å². The van der Waals surface area contributed by atoms with E-state index in [0.717, 1.165) is 5.56 Å². The fraction of sp³-hybridized carbons (Fsp3) is 0.500. The Labute approximate surface area is 105 Å². The number of alkyl halides is 2. The summed E-state index contributed by atoms with van der Waals surface area (Å²) in [4.78, 5) is 5.16. The van der Waals surface area contributed by atoms with E-state index in [9.17, 15) is 8.78 Å². The van der Waals surface area contributed by atoms with Gasteiger partial charge in [0.05, 0.1) is 19.3 Å². The summed E-state index contributed by atoms with van der Waals surface area (Å²) >= 11 is 0. The molecule has 102 valence electrons. The second-order valence-corrected chi connectivity index (χ2v) is 3.63. The van der Waals surface area contributed by atoms with Crippen LogP contribution >= 0.6 is 0 Å². The summed E-state index contributed by atoms with van der Waals surface area (Å²) in [5.74, 6) is 0.140. The zero-order valence-electron chi connectivity index (χ0n) is 10.4. The quantitative estimate of drug-likeness (QED) is 0.576. The first kappa shape index (κ1) is 14.8. The summed E-state index contributed by atoms with van der Waals surface area (Å²) in [6.07, 6.45) is 0. The van der Waals surface area contributed by atoms with Crippen LogP contribution < -0.4 is 10.2 Å². The van der Waals surface area contributed by atoms with Crippen molar-refractivity contribution in [3.63, 3.8) is 0 Å². The number of ether oxygens (including phenoxy) is 2. The molecule has 6 heteroatoms. The van der Waals surface area contributed by atoms with Gasteiger partial charge in [-0.3, -0.25) is 4.84 Å². The first-order chi connectivity index (χ1) is 8.63. The number of halogens is 2. The molecule has 0 aromatic heterocycles. The van der Waals surface area contributed by atoms with Crippen molar-refractivity contribution >= 4 is 0 Å². The average Bonchev–Trinajstić information content (AvgIpc) is 2.34. The lowest BCUT2D eigenvalue weighted by Crippen LogP contribution is -2.21. The Morgan fingerprint density at radius 1 is 1.17 bits per heavy atom. The van der Waals surface area contributed by atoms with Gasteiger partial charge in [0.25, 0.3) is 0 Å². The van der Waals surface area contributed by atoms with Gasteiger partial charge in [-0.1, -0.05) is 12.1 Å². The number of benzene rings is 1. The fourth-order valence-corrected chi connectivity index (χ4v) is 1.31. The molecule has 1 unspecified atom stereocenters. The zero-order valence-corrected chi connectivity index (χ0v) is 10.4. The van der Waals surface area contributed by atoms with Gasteiger partial charge in [-0.25, -0.2) is 0 Å². The van der Waals surface area contributed by atoms with Crippen LogP contribution in [0, 0.1) is 0 Å². The number of nitrogens with one attached hydrogen (secondary N) is 1. The van der Waals surface area contributed by atoms with Crippen molar-refractivity contribution in [3.8, 4) is 5.75 Å². The molecule has 0 fully saturated rings. The molecular formula is C12H17F2NO3. The number of rotatable bonds is 8. The van der Waals surface area contributed by atoms with Gasteiger partial charge >= 0.3 is 6.61 Å². The monoisotopic (exact) mass is 261 g/mol. The molecule has 0 heterocycles. The Kier molecular flexibility index (Phi) is 6.56. The minimum atomic E-state index is -2.80. The predicted molar refractivity (Wildman–Crippen MR) is 62.5 cm³/mol. The minimum Gasteiger partial charge on any atom is -0.435 e. The van der Waals surface area contributed by atoms with Gasteiger partial charge in [-0.2, -0.15) is 14.3 Å². The number of hydrogen-bond donors (Lipinski definition) is 1. The zero-order chi connectivity index (χ0) is 13.4. The van der Waals surface area contributed by atoms with Gasteiger partial charge in [0.15, 0.2) is 0 Å². The van der Waals surface area contributed by atoms with Crippen molar-refractivity contribution in [2.75, 3.05) is 20.3 Å². The standard InChI is InChI=1S/C12H17F2NO3/c1-9(15-17-8-7-16-2)10-3-5-11(6-4-10)18-12(13)14/h3-6,9,12,15H,7-8H2,1-2H3. The van der Waals surface area contributed by atoms with Gasteiger partial charge in [0.2, 0.25) is 0 Å². The molecule has 4 nitrogen and oxygen atoms in total. The van der Waals surface area contributed by atoms with Crippen molar-refractivity contribution in [3.05, 3.63) is 29.8 Å². The Morgan fingerprint density at radius 3 is 2.39 bits per heavy atom. The van der Waals surface area contributed by atoms with E-state index >= 15 is 0 Å². The molecule has 0 saturated heterocycles. The predicted octanol–water partition coefficient (Wildman–Crippen LogP) is 2.52. The molecule has 0 saturated carbocycles. The van der Waals surface area contributed by atoms with Crippen molar-refractivity contribution in [1.29, 1.82) is 0 Å². The van der Waals surface area contributed by atoms with Crippen molar-refractivity contribution in [1.82, 2.24) is 5.48 Å². The van der Waals surface area contributed by atoms with Crippen LogP contribution in [0.25, 0.3) is 0 Å². The molecule has 18 heavy (non-hydrogen) atoms. The molecule has 0 amide bonds. The Morgan fingerprint density at radius 2 is 1.83 bits per heavy atom. The fourth-order valence-electron chi connectivity index (χ4n) is 1.31. The largest absolute Gasteiger partial charge is 0.435 e. The van der Waals surface area contributed by atoms with Crippen LogP contribution in [0.15, 0.2) is 24.3 Å². The first-order valence-corrected chi connectivity index (χ1v) is 5.54. The number of hydroxylamine groups is 1. The molecule has 0 aliphatic heterocycles. The lowest BCUT2D eigenvalue weighted by Gasteiger charge is -2.14. The Hall–Kier alpha value is -1.24. The summed E-state index contributed by atoms with van der Waals surface area (Å²) in [6.45, 7) is 0.0353. The van der Waals surface area contributed by atoms with Gasteiger partial charge in [-0.15, -0.1) is 0 Å². The van der Waals surface area contributed by atoms with Crippen LogP contribution in [0.5, 0.6) is 5.75 Å². The van der Waals surface area contributed by atoms with Crippen LogP contribution in [0.3, 0.4) is 0 Å². The summed E-state index contributed by atoms with van der Waals surface area (Å²) in [5, 5.41) is 0. The smallest absolute Gasteiger partial charge is 0.387 e. The minimum absolute atomic E-state index is 0.0533.